The van der Waals surface area contributed by atoms with Gasteiger partial charge in [0.25, 0.3) is 0 Å². The van der Waals surface area contributed by atoms with Gasteiger partial charge in [-0.25, -0.2) is 13.2 Å². The van der Waals surface area contributed by atoms with Gasteiger partial charge in [-0.3, -0.25) is 0 Å². The van der Waals surface area contributed by atoms with Crippen LogP contribution in [0.25, 0.3) is 0 Å². The number of nitrogens with one attached hydrogen (secondary N) is 1. The summed E-state index contributed by atoms with van der Waals surface area (Å²) in [5, 5.41) is 8.80. The molecular weight excluding hydrogens is 280 g/mol. The molecule has 0 saturated heterocycles. The van der Waals surface area contributed by atoms with E-state index in [1.165, 1.54) is 17.5 Å². The first-order chi connectivity index (χ1) is 9.41. The Balaban J connectivity index is 2.23. The number of aromatic amines is 1. The number of nitrogens with zero attached hydrogens (tertiary/aromatic N) is 1. The van der Waals surface area contributed by atoms with Crippen LogP contribution in [-0.2, 0) is 16.6 Å². The Labute approximate surface area is 116 Å². The molecule has 7 heteroatoms. The van der Waals surface area contributed by atoms with Crippen LogP contribution >= 0.6 is 0 Å². The van der Waals surface area contributed by atoms with Crippen molar-refractivity contribution in [2.24, 2.45) is 0 Å². The molecule has 106 valence electrons. The molecule has 0 radical (unpaired) electrons. The van der Waals surface area contributed by atoms with Gasteiger partial charge in [0.05, 0.1) is 0 Å². The normalized spacial score (nSPS) is 11.7. The fourth-order valence-electron chi connectivity index (χ4n) is 1.75. The second-order valence-electron chi connectivity index (χ2n) is 4.30. The Hall–Kier alpha value is -2.12. The quantitative estimate of drug-likeness (QED) is 0.875. The monoisotopic (exact) mass is 294 g/mol. The predicted molar refractivity (Wildman–Crippen MR) is 72.8 cm³/mol. The van der Waals surface area contributed by atoms with Crippen molar-refractivity contribution in [3.8, 4) is 0 Å². The van der Waals surface area contributed by atoms with E-state index in [1.807, 2.05) is 30.3 Å². The minimum Gasteiger partial charge on any atom is -0.477 e. The zero-order valence-electron chi connectivity index (χ0n) is 10.8. The topological polar surface area (TPSA) is 90.5 Å². The number of hydrogen-bond donors (Lipinski definition) is 2. The van der Waals surface area contributed by atoms with Gasteiger partial charge in [-0.2, -0.15) is 4.31 Å². The van der Waals surface area contributed by atoms with Crippen molar-refractivity contribution in [2.75, 3.05) is 7.05 Å². The molecular formula is C13H14N2O4S. The van der Waals surface area contributed by atoms with E-state index < -0.39 is 16.0 Å². The highest BCUT2D eigenvalue weighted by molar-refractivity contribution is 7.89. The van der Waals surface area contributed by atoms with E-state index in [-0.39, 0.29) is 17.1 Å². The molecule has 1 aromatic carbocycles. The molecule has 0 aliphatic carbocycles. The number of carboxylic acids is 1. The fraction of sp³-hybridized carbons (Fsp3) is 0.154. The Bertz CT molecular complexity index is 707. The van der Waals surface area contributed by atoms with Gasteiger partial charge < -0.3 is 10.1 Å². The zero-order valence-corrected chi connectivity index (χ0v) is 11.6. The highest BCUT2D eigenvalue weighted by atomic mass is 32.2. The number of sulfonamides is 1. The average Bonchev–Trinajstić information content (AvgIpc) is 2.90. The summed E-state index contributed by atoms with van der Waals surface area (Å²) in [6, 6.07) is 10.3. The lowest BCUT2D eigenvalue weighted by Crippen LogP contribution is -2.26. The Morgan fingerprint density at radius 1 is 1.30 bits per heavy atom. The van der Waals surface area contributed by atoms with Crippen LogP contribution in [0.1, 0.15) is 16.1 Å². The SMILES string of the molecule is CN(Cc1ccccc1)S(=O)(=O)c1c[nH]c(C(=O)O)c1. The molecule has 20 heavy (non-hydrogen) atoms. The molecule has 0 unspecified atom stereocenters. The van der Waals surface area contributed by atoms with E-state index in [1.54, 1.807) is 0 Å². The average molecular weight is 294 g/mol. The molecule has 0 spiro atoms. The Kier molecular flexibility index (Phi) is 3.91. The smallest absolute Gasteiger partial charge is 0.352 e. The second kappa shape index (κ2) is 5.48. The van der Waals surface area contributed by atoms with Crippen molar-refractivity contribution >= 4 is 16.0 Å². The van der Waals surface area contributed by atoms with Gasteiger partial charge >= 0.3 is 5.97 Å². The van der Waals surface area contributed by atoms with E-state index in [0.717, 1.165) is 11.6 Å². The molecule has 6 nitrogen and oxygen atoms in total. The van der Waals surface area contributed by atoms with Crippen molar-refractivity contribution in [3.05, 3.63) is 53.9 Å². The Morgan fingerprint density at radius 3 is 2.50 bits per heavy atom. The number of benzene rings is 1. The maximum absolute atomic E-state index is 12.3. The minimum absolute atomic E-state index is 0.0617. The molecule has 0 fully saturated rings. The van der Waals surface area contributed by atoms with Gasteiger partial charge in [0.2, 0.25) is 10.0 Å². The number of hydrogen-bond acceptors (Lipinski definition) is 3. The van der Waals surface area contributed by atoms with E-state index in [0.29, 0.717) is 0 Å². The summed E-state index contributed by atoms with van der Waals surface area (Å²) >= 11 is 0. The van der Waals surface area contributed by atoms with Gasteiger partial charge in [0, 0.05) is 19.8 Å². The summed E-state index contributed by atoms with van der Waals surface area (Å²) in [6.45, 7) is 0.219. The fourth-order valence-corrected chi connectivity index (χ4v) is 2.91. The van der Waals surface area contributed by atoms with Crippen molar-refractivity contribution in [1.29, 1.82) is 0 Å². The van der Waals surface area contributed by atoms with Gasteiger partial charge in [-0.1, -0.05) is 30.3 Å². The van der Waals surface area contributed by atoms with E-state index in [9.17, 15) is 13.2 Å². The molecule has 0 amide bonds. The summed E-state index contributed by atoms with van der Waals surface area (Å²) in [7, 11) is -2.26. The van der Waals surface area contributed by atoms with Crippen LogP contribution in [0, 0.1) is 0 Å². The standard InChI is InChI=1S/C13H14N2O4S/c1-15(9-10-5-3-2-4-6-10)20(18,19)11-7-12(13(16)17)14-8-11/h2-8,14H,9H2,1H3,(H,16,17). The molecule has 1 aromatic heterocycles. The second-order valence-corrected chi connectivity index (χ2v) is 6.35. The number of rotatable bonds is 5. The van der Waals surface area contributed by atoms with Crippen LogP contribution in [0.3, 0.4) is 0 Å². The number of aromatic nitrogens is 1. The van der Waals surface area contributed by atoms with Crippen molar-refractivity contribution in [1.82, 2.24) is 9.29 Å². The lowest BCUT2D eigenvalue weighted by atomic mass is 10.2. The molecule has 0 aliphatic heterocycles. The highest BCUT2D eigenvalue weighted by Crippen LogP contribution is 2.17. The lowest BCUT2D eigenvalue weighted by molar-refractivity contribution is 0.0691. The first kappa shape index (κ1) is 14.3. The van der Waals surface area contributed by atoms with Crippen molar-refractivity contribution < 1.29 is 18.3 Å². The summed E-state index contributed by atoms with van der Waals surface area (Å²) < 4.78 is 25.7. The van der Waals surface area contributed by atoms with Crippen LogP contribution < -0.4 is 0 Å². The first-order valence-corrected chi connectivity index (χ1v) is 7.27. The number of H-pyrrole nitrogens is 1. The van der Waals surface area contributed by atoms with Crippen molar-refractivity contribution in [2.45, 2.75) is 11.4 Å². The third-order valence-electron chi connectivity index (χ3n) is 2.84. The first-order valence-electron chi connectivity index (χ1n) is 5.83. The maximum atomic E-state index is 12.3. The van der Waals surface area contributed by atoms with Crippen molar-refractivity contribution in [3.63, 3.8) is 0 Å². The molecule has 0 saturated carbocycles. The van der Waals surface area contributed by atoms with Crippen LogP contribution in [-0.4, -0.2) is 35.8 Å². The molecule has 0 aliphatic rings. The zero-order chi connectivity index (χ0) is 14.8. The number of aromatic carboxylic acids is 1. The molecule has 2 N–H and O–H groups in total. The predicted octanol–water partition coefficient (Wildman–Crippen LogP) is 1.53. The molecule has 1 heterocycles. The molecule has 2 aromatic rings. The van der Waals surface area contributed by atoms with Crippen LogP contribution in [0.5, 0.6) is 0 Å². The summed E-state index contributed by atoms with van der Waals surface area (Å²) in [5.41, 5.74) is 0.698. The molecule has 0 bridgehead atoms. The Morgan fingerprint density at radius 2 is 1.95 bits per heavy atom. The van der Waals surface area contributed by atoms with E-state index in [4.69, 9.17) is 5.11 Å². The third-order valence-corrected chi connectivity index (χ3v) is 4.62. The van der Waals surface area contributed by atoms with Crippen LogP contribution in [0.2, 0.25) is 0 Å². The van der Waals surface area contributed by atoms with Gasteiger partial charge in [0.15, 0.2) is 0 Å². The lowest BCUT2D eigenvalue weighted by Gasteiger charge is -2.16. The van der Waals surface area contributed by atoms with E-state index in [2.05, 4.69) is 4.98 Å². The minimum atomic E-state index is -3.71. The summed E-state index contributed by atoms with van der Waals surface area (Å²) in [5.74, 6) is -1.20. The molecule has 0 atom stereocenters. The van der Waals surface area contributed by atoms with Crippen LogP contribution in [0.15, 0.2) is 47.5 Å². The number of carboxylic acid groups (broad SMARTS) is 1. The number of carbonyl (C=O) groups is 1. The van der Waals surface area contributed by atoms with Gasteiger partial charge in [0.1, 0.15) is 10.6 Å². The van der Waals surface area contributed by atoms with Gasteiger partial charge in [-0.15, -0.1) is 0 Å². The highest BCUT2D eigenvalue weighted by Gasteiger charge is 2.23. The summed E-state index contributed by atoms with van der Waals surface area (Å²) in [4.78, 5) is 13.1. The van der Waals surface area contributed by atoms with E-state index >= 15 is 0 Å². The summed E-state index contributed by atoms with van der Waals surface area (Å²) in [6.07, 6.45) is 1.18. The van der Waals surface area contributed by atoms with Gasteiger partial charge in [-0.05, 0) is 11.6 Å². The largest absolute Gasteiger partial charge is 0.477 e. The maximum Gasteiger partial charge on any atom is 0.352 e. The molecule has 2 rings (SSSR count). The van der Waals surface area contributed by atoms with Crippen LogP contribution in [0.4, 0.5) is 0 Å². The third kappa shape index (κ3) is 2.89.